The Balaban J connectivity index is 1.56. The highest BCUT2D eigenvalue weighted by Gasteiger charge is 2.33. The number of carbonyl (C=O) groups is 2. The molecule has 0 bridgehead atoms. The summed E-state index contributed by atoms with van der Waals surface area (Å²) in [4.78, 5) is 31.7. The van der Waals surface area contributed by atoms with Gasteiger partial charge in [-0.3, -0.25) is 9.59 Å². The molecule has 1 N–H and O–H groups in total. The van der Waals surface area contributed by atoms with Crippen molar-refractivity contribution >= 4 is 34.5 Å². The van der Waals surface area contributed by atoms with Crippen LogP contribution in [0.4, 0.5) is 0 Å². The average Bonchev–Trinajstić information content (AvgIpc) is 3.33. The smallest absolute Gasteiger partial charge is 0.249 e. The van der Waals surface area contributed by atoms with Crippen molar-refractivity contribution < 1.29 is 14.3 Å². The minimum absolute atomic E-state index is 0.0139. The van der Waals surface area contributed by atoms with Crippen LogP contribution in [0.1, 0.15) is 18.5 Å². The fourth-order valence-electron chi connectivity index (χ4n) is 2.74. The highest BCUT2D eigenvalue weighted by atomic mass is 32.1. The van der Waals surface area contributed by atoms with Gasteiger partial charge in [0.25, 0.3) is 0 Å². The summed E-state index contributed by atoms with van der Waals surface area (Å²) in [6, 6.07) is 3.63. The predicted molar refractivity (Wildman–Crippen MR) is 93.9 cm³/mol. The molecular weight excluding hydrogens is 346 g/mol. The van der Waals surface area contributed by atoms with Crippen LogP contribution in [-0.2, 0) is 20.9 Å². The van der Waals surface area contributed by atoms with Crippen molar-refractivity contribution in [2.24, 2.45) is 0 Å². The summed E-state index contributed by atoms with van der Waals surface area (Å²) >= 11 is 3.22. The number of thiazole rings is 1. The molecule has 3 rings (SSSR count). The molecule has 1 atom stereocenters. The van der Waals surface area contributed by atoms with Gasteiger partial charge in [-0.1, -0.05) is 6.07 Å². The first-order valence-corrected chi connectivity index (χ1v) is 9.49. The standard InChI is InChI=1S/C16H19N3O3S2/c1-22-9-14(20)19-6-2-4-12(19)15(21)17-8-11-10-24-16(18-11)13-5-3-7-23-13/h3,5,7,10,12H,2,4,6,8-9H2,1H3,(H,17,21). The first-order valence-electron chi connectivity index (χ1n) is 7.73. The van der Waals surface area contributed by atoms with E-state index < -0.39 is 6.04 Å². The molecule has 128 valence electrons. The molecule has 2 aromatic heterocycles. The first-order chi connectivity index (χ1) is 11.7. The van der Waals surface area contributed by atoms with E-state index in [0.29, 0.717) is 19.5 Å². The summed E-state index contributed by atoms with van der Waals surface area (Å²) in [7, 11) is 1.48. The number of aromatic nitrogens is 1. The fraction of sp³-hybridized carbons (Fsp3) is 0.438. The van der Waals surface area contributed by atoms with Crippen molar-refractivity contribution in [1.29, 1.82) is 0 Å². The van der Waals surface area contributed by atoms with Crippen LogP contribution in [0.25, 0.3) is 9.88 Å². The second kappa shape index (κ2) is 7.87. The zero-order valence-electron chi connectivity index (χ0n) is 13.4. The van der Waals surface area contributed by atoms with Gasteiger partial charge >= 0.3 is 0 Å². The van der Waals surface area contributed by atoms with E-state index in [2.05, 4.69) is 10.3 Å². The van der Waals surface area contributed by atoms with Crippen LogP contribution in [0, 0.1) is 0 Å². The highest BCUT2D eigenvalue weighted by molar-refractivity contribution is 7.20. The number of nitrogens with one attached hydrogen (secondary N) is 1. The van der Waals surface area contributed by atoms with Crippen molar-refractivity contribution in [1.82, 2.24) is 15.2 Å². The maximum absolute atomic E-state index is 12.4. The Kier molecular flexibility index (Phi) is 5.60. The summed E-state index contributed by atoms with van der Waals surface area (Å²) in [6.45, 7) is 1.00. The summed E-state index contributed by atoms with van der Waals surface area (Å²) in [6.07, 6.45) is 1.53. The summed E-state index contributed by atoms with van der Waals surface area (Å²) < 4.78 is 4.88. The molecule has 1 saturated heterocycles. The normalized spacial score (nSPS) is 17.2. The third-order valence-electron chi connectivity index (χ3n) is 3.87. The average molecular weight is 365 g/mol. The lowest BCUT2D eigenvalue weighted by molar-refractivity contribution is -0.141. The summed E-state index contributed by atoms with van der Waals surface area (Å²) in [5.41, 5.74) is 0.838. The number of amides is 2. The number of likely N-dealkylation sites (tertiary alicyclic amines) is 1. The molecule has 0 aliphatic carbocycles. The molecule has 24 heavy (non-hydrogen) atoms. The Morgan fingerprint density at radius 2 is 2.33 bits per heavy atom. The van der Waals surface area contributed by atoms with Gasteiger partial charge in [-0.05, 0) is 24.3 Å². The van der Waals surface area contributed by atoms with Gasteiger partial charge in [-0.2, -0.15) is 0 Å². The topological polar surface area (TPSA) is 71.5 Å². The highest BCUT2D eigenvalue weighted by Crippen LogP contribution is 2.27. The van der Waals surface area contributed by atoms with E-state index in [-0.39, 0.29) is 18.4 Å². The lowest BCUT2D eigenvalue weighted by Crippen LogP contribution is -2.46. The van der Waals surface area contributed by atoms with Crippen LogP contribution in [0.2, 0.25) is 0 Å². The Morgan fingerprint density at radius 1 is 1.46 bits per heavy atom. The van der Waals surface area contributed by atoms with E-state index in [1.54, 1.807) is 27.6 Å². The van der Waals surface area contributed by atoms with Crippen LogP contribution in [0.15, 0.2) is 22.9 Å². The molecule has 0 aromatic carbocycles. The van der Waals surface area contributed by atoms with Crippen molar-refractivity contribution in [3.05, 3.63) is 28.6 Å². The molecule has 2 amide bonds. The third kappa shape index (κ3) is 3.82. The molecule has 0 spiro atoms. The molecular formula is C16H19N3O3S2. The van der Waals surface area contributed by atoms with E-state index in [4.69, 9.17) is 4.74 Å². The molecule has 1 fully saturated rings. The molecule has 0 radical (unpaired) electrons. The Bertz CT molecular complexity index is 699. The van der Waals surface area contributed by atoms with Crippen molar-refractivity contribution in [3.63, 3.8) is 0 Å². The van der Waals surface area contributed by atoms with Crippen LogP contribution in [0.5, 0.6) is 0 Å². The van der Waals surface area contributed by atoms with Crippen molar-refractivity contribution in [3.8, 4) is 9.88 Å². The SMILES string of the molecule is COCC(=O)N1CCCC1C(=O)NCc1csc(-c2cccs2)n1. The third-order valence-corrected chi connectivity index (χ3v) is 5.80. The second-order valence-electron chi connectivity index (χ2n) is 5.52. The lowest BCUT2D eigenvalue weighted by atomic mass is 10.2. The van der Waals surface area contributed by atoms with E-state index in [9.17, 15) is 9.59 Å². The van der Waals surface area contributed by atoms with Gasteiger partial charge in [0.2, 0.25) is 11.8 Å². The quantitative estimate of drug-likeness (QED) is 0.851. The van der Waals surface area contributed by atoms with Gasteiger partial charge in [-0.25, -0.2) is 4.98 Å². The fourth-order valence-corrected chi connectivity index (χ4v) is 4.38. The molecule has 1 unspecified atom stereocenters. The Hall–Kier alpha value is -1.77. The molecule has 0 saturated carbocycles. The number of hydrogen-bond donors (Lipinski definition) is 1. The van der Waals surface area contributed by atoms with Crippen LogP contribution >= 0.6 is 22.7 Å². The predicted octanol–water partition coefficient (Wildman–Crippen LogP) is 2.13. The Morgan fingerprint density at radius 3 is 3.08 bits per heavy atom. The van der Waals surface area contributed by atoms with Gasteiger partial charge in [0.05, 0.1) is 17.1 Å². The maximum atomic E-state index is 12.4. The number of ether oxygens (including phenoxy) is 1. The molecule has 2 aromatic rings. The largest absolute Gasteiger partial charge is 0.375 e. The molecule has 6 nitrogen and oxygen atoms in total. The number of carbonyl (C=O) groups excluding carboxylic acids is 2. The molecule has 3 heterocycles. The van der Waals surface area contributed by atoms with Crippen molar-refractivity contribution in [2.45, 2.75) is 25.4 Å². The zero-order chi connectivity index (χ0) is 16.9. The first kappa shape index (κ1) is 17.1. The Labute approximate surface area is 148 Å². The zero-order valence-corrected chi connectivity index (χ0v) is 15.0. The minimum Gasteiger partial charge on any atom is -0.375 e. The van der Waals surface area contributed by atoms with Gasteiger partial charge in [0.1, 0.15) is 17.7 Å². The molecule has 1 aliphatic heterocycles. The van der Waals surface area contributed by atoms with Gasteiger partial charge in [-0.15, -0.1) is 22.7 Å². The van der Waals surface area contributed by atoms with Gasteiger partial charge < -0.3 is 15.0 Å². The van der Waals surface area contributed by atoms with E-state index >= 15 is 0 Å². The number of nitrogens with zero attached hydrogens (tertiary/aromatic N) is 2. The summed E-state index contributed by atoms with van der Waals surface area (Å²) in [5.74, 6) is -0.258. The van der Waals surface area contributed by atoms with Gasteiger partial charge in [0.15, 0.2) is 0 Å². The lowest BCUT2D eigenvalue weighted by Gasteiger charge is -2.23. The number of hydrogen-bond acceptors (Lipinski definition) is 6. The van der Waals surface area contributed by atoms with E-state index in [1.165, 1.54) is 7.11 Å². The maximum Gasteiger partial charge on any atom is 0.249 e. The van der Waals surface area contributed by atoms with Gasteiger partial charge in [0, 0.05) is 19.0 Å². The number of methoxy groups -OCH3 is 1. The number of rotatable bonds is 6. The minimum atomic E-state index is -0.400. The molecule has 1 aliphatic rings. The monoisotopic (exact) mass is 365 g/mol. The van der Waals surface area contributed by atoms with E-state index in [1.807, 2.05) is 22.9 Å². The van der Waals surface area contributed by atoms with Crippen LogP contribution < -0.4 is 5.32 Å². The van der Waals surface area contributed by atoms with Crippen molar-refractivity contribution in [2.75, 3.05) is 20.3 Å². The molecule has 8 heteroatoms. The van der Waals surface area contributed by atoms with Crippen LogP contribution in [-0.4, -0.2) is 48.0 Å². The number of thiophene rings is 1. The second-order valence-corrected chi connectivity index (χ2v) is 7.32. The van der Waals surface area contributed by atoms with E-state index in [0.717, 1.165) is 22.0 Å². The summed E-state index contributed by atoms with van der Waals surface area (Å²) in [5, 5.41) is 7.84. The van der Waals surface area contributed by atoms with Crippen LogP contribution in [0.3, 0.4) is 0 Å².